The molecule has 0 aliphatic heterocycles. The van der Waals surface area contributed by atoms with Crippen LogP contribution in [0.5, 0.6) is 0 Å². The van der Waals surface area contributed by atoms with Gasteiger partial charge >= 0.3 is 5.97 Å². The summed E-state index contributed by atoms with van der Waals surface area (Å²) in [6, 6.07) is 2.81. The summed E-state index contributed by atoms with van der Waals surface area (Å²) in [5.41, 5.74) is 1.33. The summed E-state index contributed by atoms with van der Waals surface area (Å²) in [6.45, 7) is 0. The van der Waals surface area contributed by atoms with Crippen molar-refractivity contribution < 1.29 is 9.90 Å². The standard InChI is InChI=1S/C12H9N5O3/c18-11-3-7(4-12(19)20)15-10-5-8(16-17(10)11)9-6-13-1-2-14-9/h1-3,5-6,16H,4H2,(H,19,20). The third-order valence-electron chi connectivity index (χ3n) is 2.67. The number of hydrogen-bond acceptors (Lipinski definition) is 5. The van der Waals surface area contributed by atoms with E-state index in [2.05, 4.69) is 20.1 Å². The highest BCUT2D eigenvalue weighted by Gasteiger charge is 2.10. The van der Waals surface area contributed by atoms with Crippen molar-refractivity contribution in [3.63, 3.8) is 0 Å². The lowest BCUT2D eigenvalue weighted by molar-refractivity contribution is -0.136. The smallest absolute Gasteiger partial charge is 0.309 e. The normalized spacial score (nSPS) is 10.8. The van der Waals surface area contributed by atoms with Gasteiger partial charge in [0.1, 0.15) is 5.69 Å². The number of H-pyrrole nitrogens is 1. The number of aromatic amines is 1. The van der Waals surface area contributed by atoms with Gasteiger partial charge in [-0.2, -0.15) is 0 Å². The summed E-state index contributed by atoms with van der Waals surface area (Å²) in [4.78, 5) is 34.7. The van der Waals surface area contributed by atoms with Crippen molar-refractivity contribution >= 4 is 11.6 Å². The third kappa shape index (κ3) is 2.14. The van der Waals surface area contributed by atoms with E-state index in [1.807, 2.05) is 0 Å². The average Bonchev–Trinajstić information content (AvgIpc) is 2.83. The van der Waals surface area contributed by atoms with Crippen LogP contribution in [0.15, 0.2) is 35.5 Å². The van der Waals surface area contributed by atoms with Gasteiger partial charge in [0.2, 0.25) is 0 Å². The molecule has 3 rings (SSSR count). The van der Waals surface area contributed by atoms with E-state index < -0.39 is 5.97 Å². The molecule has 3 aromatic rings. The van der Waals surface area contributed by atoms with E-state index in [0.29, 0.717) is 17.0 Å². The first-order valence-corrected chi connectivity index (χ1v) is 5.73. The minimum Gasteiger partial charge on any atom is -0.481 e. The number of nitrogens with one attached hydrogen (secondary N) is 1. The van der Waals surface area contributed by atoms with Crippen molar-refractivity contribution in [1.29, 1.82) is 0 Å². The van der Waals surface area contributed by atoms with Gasteiger partial charge in [0.25, 0.3) is 5.56 Å². The monoisotopic (exact) mass is 271 g/mol. The predicted octanol–water partition coefficient (Wildman–Crippen LogP) is 0.107. The minimum atomic E-state index is -1.04. The van der Waals surface area contributed by atoms with E-state index in [4.69, 9.17) is 5.11 Å². The molecule has 20 heavy (non-hydrogen) atoms. The van der Waals surface area contributed by atoms with Gasteiger partial charge in [-0.25, -0.2) is 9.50 Å². The van der Waals surface area contributed by atoms with E-state index in [1.54, 1.807) is 18.5 Å². The molecular formula is C12H9N5O3. The summed E-state index contributed by atoms with van der Waals surface area (Å²) >= 11 is 0. The van der Waals surface area contributed by atoms with Crippen molar-refractivity contribution in [2.45, 2.75) is 6.42 Å². The molecule has 0 bridgehead atoms. The Morgan fingerprint density at radius 2 is 2.20 bits per heavy atom. The molecular weight excluding hydrogens is 262 g/mol. The van der Waals surface area contributed by atoms with Crippen LogP contribution in [0.25, 0.3) is 17.0 Å². The van der Waals surface area contributed by atoms with Crippen LogP contribution in [-0.2, 0) is 11.2 Å². The zero-order valence-electron chi connectivity index (χ0n) is 10.1. The molecule has 0 radical (unpaired) electrons. The number of carboxylic acids is 1. The lowest BCUT2D eigenvalue weighted by Crippen LogP contribution is -2.17. The molecule has 0 saturated carbocycles. The van der Waals surface area contributed by atoms with E-state index in [1.165, 1.54) is 16.8 Å². The van der Waals surface area contributed by atoms with Crippen LogP contribution in [0.2, 0.25) is 0 Å². The lowest BCUT2D eigenvalue weighted by atomic mass is 10.3. The highest BCUT2D eigenvalue weighted by atomic mass is 16.4. The second kappa shape index (κ2) is 4.57. The lowest BCUT2D eigenvalue weighted by Gasteiger charge is -1.96. The van der Waals surface area contributed by atoms with Crippen molar-refractivity contribution in [2.75, 3.05) is 0 Å². The largest absolute Gasteiger partial charge is 0.481 e. The van der Waals surface area contributed by atoms with Gasteiger partial charge < -0.3 is 5.11 Å². The molecule has 0 unspecified atom stereocenters. The summed E-state index contributed by atoms with van der Waals surface area (Å²) < 4.78 is 1.23. The molecule has 8 heteroatoms. The zero-order valence-corrected chi connectivity index (χ0v) is 10.1. The second-order valence-corrected chi connectivity index (χ2v) is 4.11. The van der Waals surface area contributed by atoms with Gasteiger partial charge in [-0.05, 0) is 0 Å². The van der Waals surface area contributed by atoms with Crippen molar-refractivity contribution in [3.8, 4) is 11.4 Å². The molecule has 100 valence electrons. The maximum Gasteiger partial charge on any atom is 0.309 e. The Morgan fingerprint density at radius 3 is 2.90 bits per heavy atom. The summed E-state index contributed by atoms with van der Waals surface area (Å²) in [7, 11) is 0. The van der Waals surface area contributed by atoms with Crippen molar-refractivity contribution in [1.82, 2.24) is 24.6 Å². The van der Waals surface area contributed by atoms with Gasteiger partial charge in [-0.1, -0.05) is 0 Å². The summed E-state index contributed by atoms with van der Waals surface area (Å²) in [6.07, 6.45) is 4.33. The van der Waals surface area contributed by atoms with Crippen molar-refractivity contribution in [3.05, 3.63) is 46.8 Å². The van der Waals surface area contributed by atoms with Gasteiger partial charge in [0, 0.05) is 24.5 Å². The second-order valence-electron chi connectivity index (χ2n) is 4.11. The quantitative estimate of drug-likeness (QED) is 0.698. The Labute approximate surface area is 111 Å². The van der Waals surface area contributed by atoms with Gasteiger partial charge in [-0.3, -0.25) is 24.7 Å². The first-order chi connectivity index (χ1) is 9.63. The topological polar surface area (TPSA) is 113 Å². The number of aromatic nitrogens is 5. The van der Waals surface area contributed by atoms with Crippen LogP contribution >= 0.6 is 0 Å². The average molecular weight is 271 g/mol. The van der Waals surface area contributed by atoms with Gasteiger partial charge in [-0.15, -0.1) is 0 Å². The number of carbonyl (C=O) groups is 1. The Kier molecular flexibility index (Phi) is 2.75. The SMILES string of the molecule is O=C(O)Cc1cc(=O)n2[nH]c(-c3cnccn3)cc2n1. The van der Waals surface area contributed by atoms with Crippen LogP contribution in [0, 0.1) is 0 Å². The molecule has 0 spiro atoms. The molecule has 3 aromatic heterocycles. The van der Waals surface area contributed by atoms with Crippen molar-refractivity contribution in [2.24, 2.45) is 0 Å². The van der Waals surface area contributed by atoms with Crippen LogP contribution in [-0.4, -0.2) is 35.6 Å². The van der Waals surface area contributed by atoms with Gasteiger partial charge in [0.15, 0.2) is 5.65 Å². The minimum absolute atomic E-state index is 0.215. The number of aliphatic carboxylic acids is 1. The van der Waals surface area contributed by atoms with Crippen LogP contribution in [0.4, 0.5) is 0 Å². The fraction of sp³-hybridized carbons (Fsp3) is 0.0833. The van der Waals surface area contributed by atoms with E-state index in [0.717, 1.165) is 0 Å². The molecule has 0 aromatic carbocycles. The summed E-state index contributed by atoms with van der Waals surface area (Å²) in [5, 5.41) is 11.6. The third-order valence-corrected chi connectivity index (χ3v) is 2.67. The maximum absolute atomic E-state index is 11.9. The van der Waals surface area contributed by atoms with Crippen LogP contribution < -0.4 is 5.56 Å². The molecule has 0 amide bonds. The molecule has 0 aliphatic carbocycles. The molecule has 0 fully saturated rings. The Morgan fingerprint density at radius 1 is 1.35 bits per heavy atom. The molecule has 0 aliphatic rings. The first kappa shape index (κ1) is 12.0. The Balaban J connectivity index is 2.14. The number of fused-ring (bicyclic) bond motifs is 1. The Hall–Kier alpha value is -3.03. The van der Waals surface area contributed by atoms with E-state index in [-0.39, 0.29) is 17.7 Å². The van der Waals surface area contributed by atoms with Crippen LogP contribution in [0.3, 0.4) is 0 Å². The Bertz CT molecular complexity index is 837. The summed E-state index contributed by atoms with van der Waals surface area (Å²) in [5.74, 6) is -1.04. The van der Waals surface area contributed by atoms with Gasteiger partial charge in [0.05, 0.1) is 24.0 Å². The number of nitrogens with zero attached hydrogens (tertiary/aromatic N) is 4. The fourth-order valence-corrected chi connectivity index (χ4v) is 1.86. The molecule has 0 atom stereocenters. The molecule has 2 N–H and O–H groups in total. The number of rotatable bonds is 3. The first-order valence-electron chi connectivity index (χ1n) is 5.73. The molecule has 0 saturated heterocycles. The highest BCUT2D eigenvalue weighted by molar-refractivity contribution is 5.70. The van der Waals surface area contributed by atoms with Crippen LogP contribution in [0.1, 0.15) is 5.69 Å². The number of hydrogen-bond donors (Lipinski definition) is 2. The number of carboxylic acid groups (broad SMARTS) is 1. The fourth-order valence-electron chi connectivity index (χ4n) is 1.86. The highest BCUT2D eigenvalue weighted by Crippen LogP contribution is 2.14. The maximum atomic E-state index is 11.9. The zero-order chi connectivity index (χ0) is 14.1. The molecule has 3 heterocycles. The van der Waals surface area contributed by atoms with E-state index >= 15 is 0 Å². The van der Waals surface area contributed by atoms with E-state index in [9.17, 15) is 9.59 Å². The molecule has 8 nitrogen and oxygen atoms in total. The predicted molar refractivity (Wildman–Crippen MR) is 68.2 cm³/mol.